The molecular formula is C19H12Cl2N4O. The molecule has 0 fully saturated rings. The normalized spacial score (nSPS) is 10.0. The average molecular weight is 383 g/mol. The molecule has 1 heterocycles. The number of para-hydroxylation sites is 1. The van der Waals surface area contributed by atoms with E-state index >= 15 is 0 Å². The number of nitrogens with zero attached hydrogens (tertiary/aromatic N) is 2. The van der Waals surface area contributed by atoms with Gasteiger partial charge in [-0.15, -0.1) is 0 Å². The second-order valence-electron chi connectivity index (χ2n) is 5.32. The molecule has 3 rings (SSSR count). The number of carbonyl (C=O) groups is 1. The number of carbonyl (C=O) groups excluding carboxylic acids is 1. The first kappa shape index (κ1) is 17.7. The van der Waals surface area contributed by atoms with E-state index in [0.717, 1.165) is 0 Å². The van der Waals surface area contributed by atoms with Crippen LogP contribution in [-0.2, 0) is 0 Å². The highest BCUT2D eigenvalue weighted by Crippen LogP contribution is 2.28. The first-order valence-electron chi connectivity index (χ1n) is 7.54. The zero-order valence-electron chi connectivity index (χ0n) is 13.3. The quantitative estimate of drug-likeness (QED) is 0.645. The summed E-state index contributed by atoms with van der Waals surface area (Å²) >= 11 is 12.1. The standard InChI is InChI=1S/C19H12Cl2N4O/c20-14-5-6-16(21)18(8-14)24-15-7-13(10-23-11-15)19(26)25-17-4-2-1-3-12(17)9-22/h1-8,10-11,24H,(H,25,26). The van der Waals surface area contributed by atoms with Gasteiger partial charge < -0.3 is 10.6 Å². The Morgan fingerprint density at radius 3 is 2.65 bits per heavy atom. The minimum Gasteiger partial charge on any atom is -0.353 e. The van der Waals surface area contributed by atoms with Crippen molar-refractivity contribution in [3.63, 3.8) is 0 Å². The number of pyridine rings is 1. The Kier molecular flexibility index (Phi) is 5.37. The summed E-state index contributed by atoms with van der Waals surface area (Å²) in [5.41, 5.74) is 2.34. The van der Waals surface area contributed by atoms with Crippen molar-refractivity contribution in [1.82, 2.24) is 4.98 Å². The second-order valence-corrected chi connectivity index (χ2v) is 6.17. The number of benzene rings is 2. The van der Waals surface area contributed by atoms with Crippen LogP contribution in [0.2, 0.25) is 10.0 Å². The van der Waals surface area contributed by atoms with Gasteiger partial charge in [-0.05, 0) is 36.4 Å². The van der Waals surface area contributed by atoms with Gasteiger partial charge in [0.15, 0.2) is 0 Å². The van der Waals surface area contributed by atoms with Gasteiger partial charge in [-0.1, -0.05) is 35.3 Å². The molecule has 26 heavy (non-hydrogen) atoms. The van der Waals surface area contributed by atoms with Crippen molar-refractivity contribution in [2.75, 3.05) is 10.6 Å². The van der Waals surface area contributed by atoms with Crippen LogP contribution in [-0.4, -0.2) is 10.9 Å². The van der Waals surface area contributed by atoms with Crippen molar-refractivity contribution in [2.45, 2.75) is 0 Å². The van der Waals surface area contributed by atoms with Gasteiger partial charge in [-0.3, -0.25) is 9.78 Å². The Morgan fingerprint density at radius 1 is 1.04 bits per heavy atom. The SMILES string of the molecule is N#Cc1ccccc1NC(=O)c1cncc(Nc2cc(Cl)ccc2Cl)c1. The minimum atomic E-state index is -0.374. The summed E-state index contributed by atoms with van der Waals surface area (Å²) in [6, 6.07) is 15.5. The van der Waals surface area contributed by atoms with Crippen molar-refractivity contribution in [2.24, 2.45) is 0 Å². The number of nitrogens with one attached hydrogen (secondary N) is 2. The van der Waals surface area contributed by atoms with Crippen LogP contribution >= 0.6 is 23.2 Å². The van der Waals surface area contributed by atoms with Crippen molar-refractivity contribution in [1.29, 1.82) is 5.26 Å². The third-order valence-electron chi connectivity index (χ3n) is 3.50. The smallest absolute Gasteiger partial charge is 0.257 e. The molecule has 5 nitrogen and oxygen atoms in total. The van der Waals surface area contributed by atoms with E-state index in [1.807, 2.05) is 6.07 Å². The molecular weight excluding hydrogens is 371 g/mol. The van der Waals surface area contributed by atoms with E-state index in [-0.39, 0.29) is 5.91 Å². The molecule has 0 unspecified atom stereocenters. The third-order valence-corrected chi connectivity index (χ3v) is 4.07. The number of anilines is 3. The van der Waals surface area contributed by atoms with Crippen LogP contribution in [0, 0.1) is 11.3 Å². The van der Waals surface area contributed by atoms with Crippen molar-refractivity contribution in [3.05, 3.63) is 82.1 Å². The van der Waals surface area contributed by atoms with Crippen LogP contribution in [0.15, 0.2) is 60.9 Å². The molecule has 0 atom stereocenters. The summed E-state index contributed by atoms with van der Waals surface area (Å²) in [6.07, 6.45) is 3.01. The van der Waals surface area contributed by atoms with Crippen LogP contribution in [0.3, 0.4) is 0 Å². The molecule has 0 spiro atoms. The lowest BCUT2D eigenvalue weighted by Gasteiger charge is -2.10. The van der Waals surface area contributed by atoms with Crippen molar-refractivity contribution < 1.29 is 4.79 Å². The first-order valence-corrected chi connectivity index (χ1v) is 8.30. The molecule has 0 saturated carbocycles. The van der Waals surface area contributed by atoms with Crippen LogP contribution in [0.1, 0.15) is 15.9 Å². The van der Waals surface area contributed by atoms with Gasteiger partial charge in [0.25, 0.3) is 5.91 Å². The molecule has 2 N–H and O–H groups in total. The first-order chi connectivity index (χ1) is 12.6. The second kappa shape index (κ2) is 7.87. The summed E-state index contributed by atoms with van der Waals surface area (Å²) in [7, 11) is 0. The molecule has 1 aromatic heterocycles. The van der Waals surface area contributed by atoms with Gasteiger partial charge in [0, 0.05) is 11.2 Å². The molecule has 0 bridgehead atoms. The molecule has 7 heteroatoms. The minimum absolute atomic E-state index is 0.334. The van der Waals surface area contributed by atoms with Gasteiger partial charge in [-0.25, -0.2) is 0 Å². The summed E-state index contributed by atoms with van der Waals surface area (Å²) in [6.45, 7) is 0. The maximum absolute atomic E-state index is 12.5. The maximum atomic E-state index is 12.5. The summed E-state index contributed by atoms with van der Waals surface area (Å²) < 4.78 is 0. The number of nitriles is 1. The Morgan fingerprint density at radius 2 is 1.85 bits per heavy atom. The van der Waals surface area contributed by atoms with Gasteiger partial charge in [-0.2, -0.15) is 5.26 Å². The van der Waals surface area contributed by atoms with Gasteiger partial charge >= 0.3 is 0 Å². The monoisotopic (exact) mass is 382 g/mol. The predicted molar refractivity (Wildman–Crippen MR) is 103 cm³/mol. The molecule has 0 aliphatic carbocycles. The molecule has 128 valence electrons. The lowest BCUT2D eigenvalue weighted by atomic mass is 10.2. The average Bonchev–Trinajstić information content (AvgIpc) is 2.65. The molecule has 1 amide bonds. The Balaban J connectivity index is 1.82. The number of hydrogen-bond donors (Lipinski definition) is 2. The summed E-state index contributed by atoms with van der Waals surface area (Å²) in [5, 5.41) is 15.9. The van der Waals surface area contributed by atoms with Crippen LogP contribution in [0.4, 0.5) is 17.1 Å². The fraction of sp³-hybridized carbons (Fsp3) is 0. The maximum Gasteiger partial charge on any atom is 0.257 e. The number of hydrogen-bond acceptors (Lipinski definition) is 4. The van der Waals surface area contributed by atoms with Gasteiger partial charge in [0.2, 0.25) is 0 Å². The van der Waals surface area contributed by atoms with E-state index in [0.29, 0.717) is 38.2 Å². The van der Waals surface area contributed by atoms with Gasteiger partial charge in [0.1, 0.15) is 6.07 Å². The lowest BCUT2D eigenvalue weighted by molar-refractivity contribution is 0.102. The van der Waals surface area contributed by atoms with Crippen LogP contribution in [0.5, 0.6) is 0 Å². The van der Waals surface area contributed by atoms with Crippen molar-refractivity contribution >= 4 is 46.2 Å². The van der Waals surface area contributed by atoms with E-state index in [1.165, 1.54) is 6.20 Å². The van der Waals surface area contributed by atoms with E-state index in [2.05, 4.69) is 15.6 Å². The zero-order valence-corrected chi connectivity index (χ0v) is 14.8. The van der Waals surface area contributed by atoms with Crippen LogP contribution < -0.4 is 10.6 Å². The molecule has 0 radical (unpaired) electrons. The van der Waals surface area contributed by atoms with Crippen molar-refractivity contribution in [3.8, 4) is 6.07 Å². The molecule has 3 aromatic rings. The Labute approximate surface area is 160 Å². The van der Waals surface area contributed by atoms with E-state index in [9.17, 15) is 4.79 Å². The molecule has 0 saturated heterocycles. The third kappa shape index (κ3) is 4.12. The highest BCUT2D eigenvalue weighted by atomic mass is 35.5. The highest BCUT2D eigenvalue weighted by Gasteiger charge is 2.11. The van der Waals surface area contributed by atoms with Gasteiger partial charge in [0.05, 0.1) is 39.4 Å². The summed E-state index contributed by atoms with van der Waals surface area (Å²) in [4.78, 5) is 16.5. The fourth-order valence-electron chi connectivity index (χ4n) is 2.27. The van der Waals surface area contributed by atoms with E-state index in [1.54, 1.807) is 54.7 Å². The molecule has 2 aromatic carbocycles. The number of amides is 1. The van der Waals surface area contributed by atoms with Crippen LogP contribution in [0.25, 0.3) is 0 Å². The lowest BCUT2D eigenvalue weighted by Crippen LogP contribution is -2.13. The number of rotatable bonds is 4. The Bertz CT molecular complexity index is 1010. The Hall–Kier alpha value is -3.07. The highest BCUT2D eigenvalue weighted by molar-refractivity contribution is 6.35. The summed E-state index contributed by atoms with van der Waals surface area (Å²) in [5.74, 6) is -0.374. The topological polar surface area (TPSA) is 77.8 Å². The van der Waals surface area contributed by atoms with E-state index < -0.39 is 0 Å². The molecule has 0 aliphatic rings. The fourth-order valence-corrected chi connectivity index (χ4v) is 2.60. The molecule has 0 aliphatic heterocycles. The van der Waals surface area contributed by atoms with E-state index in [4.69, 9.17) is 28.5 Å². The number of aromatic nitrogens is 1. The largest absolute Gasteiger partial charge is 0.353 e. The predicted octanol–water partition coefficient (Wildman–Crippen LogP) is 5.26. The number of halogens is 2. The zero-order chi connectivity index (χ0) is 18.5.